The number of unbranched alkanes of at least 4 members (excludes halogenated alkanes) is 12. The fourth-order valence-corrected chi connectivity index (χ4v) is 3.18. The molecule has 2 N–H and O–H groups in total. The van der Waals surface area contributed by atoms with Crippen LogP contribution in [-0.2, 0) is 9.53 Å². The molecule has 1 rings (SSSR count). The molecule has 0 aliphatic rings. The van der Waals surface area contributed by atoms with Crippen LogP contribution < -0.4 is 5.73 Å². The minimum absolute atomic E-state index is 0.246. The van der Waals surface area contributed by atoms with Crippen LogP contribution in [0.25, 0.3) is 0 Å². The molecule has 1 aromatic rings. The van der Waals surface area contributed by atoms with Gasteiger partial charge in [0, 0.05) is 12.1 Å². The highest BCUT2D eigenvalue weighted by atomic mass is 16.6. The first kappa shape index (κ1) is 23.2. The lowest BCUT2D eigenvalue weighted by Gasteiger charge is -2.05. The molecule has 152 valence electrons. The summed E-state index contributed by atoms with van der Waals surface area (Å²) < 4.78 is 4.87. The van der Waals surface area contributed by atoms with Crippen molar-refractivity contribution in [2.24, 2.45) is 0 Å². The van der Waals surface area contributed by atoms with Gasteiger partial charge in [0.15, 0.2) is 0 Å². The van der Waals surface area contributed by atoms with Crippen LogP contribution in [0.15, 0.2) is 24.3 Å². The maximum absolute atomic E-state index is 11.9. The molecule has 1 aromatic carbocycles. The Bertz CT molecular complexity index is 542. The highest BCUT2D eigenvalue weighted by molar-refractivity contribution is 6.00. The maximum Gasteiger partial charge on any atom is 0.347 e. The van der Waals surface area contributed by atoms with Gasteiger partial charge >= 0.3 is 11.9 Å². The number of hydrogen-bond acceptors (Lipinski definition) is 4. The lowest BCUT2D eigenvalue weighted by atomic mass is 10.0. The van der Waals surface area contributed by atoms with Crippen molar-refractivity contribution in [2.45, 2.75) is 96.8 Å². The molecule has 0 spiro atoms. The number of carbonyl (C=O) groups excluding carboxylic acids is 2. The third-order valence-corrected chi connectivity index (χ3v) is 4.87. The number of carbonyl (C=O) groups is 2. The van der Waals surface area contributed by atoms with E-state index in [1.54, 1.807) is 24.3 Å². The van der Waals surface area contributed by atoms with E-state index in [2.05, 4.69) is 6.92 Å². The van der Waals surface area contributed by atoms with Crippen LogP contribution in [0.4, 0.5) is 5.69 Å². The summed E-state index contributed by atoms with van der Waals surface area (Å²) in [5, 5.41) is 0. The van der Waals surface area contributed by atoms with Crippen LogP contribution >= 0.6 is 0 Å². The predicted molar refractivity (Wildman–Crippen MR) is 112 cm³/mol. The van der Waals surface area contributed by atoms with Gasteiger partial charge in [-0.2, -0.15) is 0 Å². The van der Waals surface area contributed by atoms with Crippen molar-refractivity contribution in [3.05, 3.63) is 29.8 Å². The Labute approximate surface area is 164 Å². The number of para-hydroxylation sites is 1. The molecule has 0 amide bonds. The van der Waals surface area contributed by atoms with Gasteiger partial charge in [-0.15, -0.1) is 0 Å². The van der Waals surface area contributed by atoms with Gasteiger partial charge in [-0.3, -0.25) is 4.79 Å². The molecule has 4 nitrogen and oxygen atoms in total. The molecule has 0 aliphatic heterocycles. The van der Waals surface area contributed by atoms with E-state index in [0.29, 0.717) is 5.69 Å². The van der Waals surface area contributed by atoms with Gasteiger partial charge < -0.3 is 10.5 Å². The first-order valence-corrected chi connectivity index (χ1v) is 10.7. The van der Waals surface area contributed by atoms with Gasteiger partial charge in [0.25, 0.3) is 0 Å². The van der Waals surface area contributed by atoms with Gasteiger partial charge in [-0.25, -0.2) is 4.79 Å². The van der Waals surface area contributed by atoms with Gasteiger partial charge in [0.2, 0.25) is 0 Å². The molecule has 4 heteroatoms. The lowest BCUT2D eigenvalue weighted by Crippen LogP contribution is -2.13. The van der Waals surface area contributed by atoms with Crippen LogP contribution in [0, 0.1) is 0 Å². The summed E-state index contributed by atoms with van der Waals surface area (Å²) in [6.07, 6.45) is 16.6. The molecule has 0 atom stereocenters. The van der Waals surface area contributed by atoms with Gasteiger partial charge in [0.05, 0.1) is 5.56 Å². The zero-order valence-electron chi connectivity index (χ0n) is 17.0. The van der Waals surface area contributed by atoms with Crippen molar-refractivity contribution in [1.82, 2.24) is 0 Å². The molecule has 0 saturated carbocycles. The zero-order chi connectivity index (χ0) is 19.7. The number of hydrogen-bond donors (Lipinski definition) is 1. The van der Waals surface area contributed by atoms with Crippen molar-refractivity contribution in [3.63, 3.8) is 0 Å². The number of ether oxygens (including phenoxy) is 1. The van der Waals surface area contributed by atoms with E-state index in [9.17, 15) is 9.59 Å². The number of nitrogen functional groups attached to an aromatic ring is 1. The standard InChI is InChI=1S/C23H37NO3/c1-2-3-4-5-6-7-8-9-10-11-12-13-14-19-22(25)27-23(26)20-17-15-16-18-21(20)24/h15-18H,2-14,19,24H2,1H3. The van der Waals surface area contributed by atoms with Crippen LogP contribution in [0.1, 0.15) is 107 Å². The molecule has 0 saturated heterocycles. The molecular formula is C23H37NO3. The van der Waals surface area contributed by atoms with Crippen molar-refractivity contribution < 1.29 is 14.3 Å². The third kappa shape index (κ3) is 11.5. The monoisotopic (exact) mass is 375 g/mol. The van der Waals surface area contributed by atoms with Crippen molar-refractivity contribution in [3.8, 4) is 0 Å². The largest absolute Gasteiger partial charge is 0.398 e. The van der Waals surface area contributed by atoms with Gasteiger partial charge in [-0.1, -0.05) is 96.1 Å². The number of rotatable bonds is 15. The van der Waals surface area contributed by atoms with Crippen LogP contribution in [-0.4, -0.2) is 11.9 Å². The molecule has 0 unspecified atom stereocenters. The number of anilines is 1. The van der Waals surface area contributed by atoms with E-state index in [0.717, 1.165) is 19.3 Å². The average Bonchev–Trinajstić information content (AvgIpc) is 2.65. The Morgan fingerprint density at radius 1 is 0.778 bits per heavy atom. The average molecular weight is 376 g/mol. The van der Waals surface area contributed by atoms with E-state index in [-0.39, 0.29) is 12.0 Å². The van der Waals surface area contributed by atoms with E-state index >= 15 is 0 Å². The summed E-state index contributed by atoms with van der Waals surface area (Å²) in [5.41, 5.74) is 6.29. The number of benzene rings is 1. The highest BCUT2D eigenvalue weighted by Crippen LogP contribution is 2.14. The molecule has 0 fully saturated rings. The second-order valence-corrected chi connectivity index (χ2v) is 7.34. The van der Waals surface area contributed by atoms with Crippen molar-refractivity contribution in [1.29, 1.82) is 0 Å². The molecule has 27 heavy (non-hydrogen) atoms. The Hall–Kier alpha value is -1.84. The Morgan fingerprint density at radius 3 is 1.78 bits per heavy atom. The SMILES string of the molecule is CCCCCCCCCCCCCCCC(=O)OC(=O)c1ccccc1N. The molecule has 0 heterocycles. The second-order valence-electron chi connectivity index (χ2n) is 7.34. The zero-order valence-corrected chi connectivity index (χ0v) is 17.0. The number of nitrogens with two attached hydrogens (primary N) is 1. The Kier molecular flexibility index (Phi) is 13.1. The van der Waals surface area contributed by atoms with Gasteiger partial charge in [0.1, 0.15) is 0 Å². The van der Waals surface area contributed by atoms with E-state index in [4.69, 9.17) is 10.5 Å². The maximum atomic E-state index is 11.9. The summed E-state index contributed by atoms with van der Waals surface area (Å²) in [4.78, 5) is 23.6. The van der Waals surface area contributed by atoms with E-state index < -0.39 is 11.9 Å². The van der Waals surface area contributed by atoms with Crippen LogP contribution in [0.3, 0.4) is 0 Å². The lowest BCUT2D eigenvalue weighted by molar-refractivity contribution is -0.138. The fourth-order valence-electron chi connectivity index (χ4n) is 3.18. The summed E-state index contributed by atoms with van der Waals surface area (Å²) in [5.74, 6) is -1.13. The summed E-state index contributed by atoms with van der Waals surface area (Å²) in [7, 11) is 0. The Balaban J connectivity index is 1.94. The summed E-state index contributed by atoms with van der Waals surface area (Å²) in [6, 6.07) is 6.62. The molecule has 0 bridgehead atoms. The molecular weight excluding hydrogens is 338 g/mol. The number of esters is 2. The second kappa shape index (κ2) is 15.2. The first-order valence-electron chi connectivity index (χ1n) is 10.7. The van der Waals surface area contributed by atoms with Gasteiger partial charge in [-0.05, 0) is 18.6 Å². The predicted octanol–water partition coefficient (Wildman–Crippen LogP) is 6.43. The third-order valence-electron chi connectivity index (χ3n) is 4.87. The highest BCUT2D eigenvalue weighted by Gasteiger charge is 2.14. The van der Waals surface area contributed by atoms with Crippen molar-refractivity contribution >= 4 is 17.6 Å². The minimum atomic E-state index is -0.659. The normalized spacial score (nSPS) is 10.7. The fraction of sp³-hybridized carbons (Fsp3) is 0.652. The summed E-state index contributed by atoms with van der Waals surface area (Å²) >= 11 is 0. The van der Waals surface area contributed by atoms with E-state index in [1.165, 1.54) is 64.2 Å². The molecule has 0 radical (unpaired) electrons. The molecule has 0 aliphatic carbocycles. The molecule has 0 aromatic heterocycles. The topological polar surface area (TPSA) is 69.4 Å². The Morgan fingerprint density at radius 2 is 1.26 bits per heavy atom. The quantitative estimate of drug-likeness (QED) is 0.166. The summed E-state index contributed by atoms with van der Waals surface area (Å²) in [6.45, 7) is 2.25. The first-order chi connectivity index (χ1) is 13.1. The van der Waals surface area contributed by atoms with Crippen molar-refractivity contribution in [2.75, 3.05) is 5.73 Å². The van der Waals surface area contributed by atoms with Crippen LogP contribution in [0.2, 0.25) is 0 Å². The van der Waals surface area contributed by atoms with E-state index in [1.807, 2.05) is 0 Å². The van der Waals surface area contributed by atoms with Crippen LogP contribution in [0.5, 0.6) is 0 Å². The minimum Gasteiger partial charge on any atom is -0.398 e. The smallest absolute Gasteiger partial charge is 0.347 e.